The van der Waals surface area contributed by atoms with Crippen LogP contribution in [0.4, 0.5) is 0 Å². The van der Waals surface area contributed by atoms with Gasteiger partial charge in [0.15, 0.2) is 0 Å². The zero-order chi connectivity index (χ0) is 14.8. The summed E-state index contributed by atoms with van der Waals surface area (Å²) in [5.74, 6) is 0.579. The lowest BCUT2D eigenvalue weighted by molar-refractivity contribution is -0.137. The summed E-state index contributed by atoms with van der Waals surface area (Å²) in [6.07, 6.45) is 7.96. The largest absolute Gasteiger partial charge is 0.481 e. The summed E-state index contributed by atoms with van der Waals surface area (Å²) in [6, 6.07) is 0.564. The van der Waals surface area contributed by atoms with E-state index in [0.29, 0.717) is 24.3 Å². The van der Waals surface area contributed by atoms with Crippen LogP contribution in [0.2, 0.25) is 0 Å². The Kier molecular flexibility index (Phi) is 4.48. The molecule has 1 saturated carbocycles. The highest BCUT2D eigenvalue weighted by atomic mass is 16.4. The molecule has 2 aliphatic heterocycles. The fraction of sp³-hybridized carbons (Fsp3) is 0.875. The second-order valence-corrected chi connectivity index (χ2v) is 6.98. The number of fused-ring (bicyclic) bond motifs is 1. The summed E-state index contributed by atoms with van der Waals surface area (Å²) in [4.78, 5) is 25.2. The van der Waals surface area contributed by atoms with Gasteiger partial charge < -0.3 is 15.3 Å². The molecule has 4 atom stereocenters. The molecule has 0 bridgehead atoms. The zero-order valence-corrected chi connectivity index (χ0v) is 12.6. The molecule has 0 spiro atoms. The topological polar surface area (TPSA) is 69.6 Å². The molecule has 2 saturated heterocycles. The second kappa shape index (κ2) is 6.34. The van der Waals surface area contributed by atoms with Crippen molar-refractivity contribution >= 4 is 11.9 Å². The van der Waals surface area contributed by atoms with Crippen LogP contribution in [-0.4, -0.2) is 47.1 Å². The highest BCUT2D eigenvalue weighted by Gasteiger charge is 2.40. The van der Waals surface area contributed by atoms with E-state index in [1.165, 1.54) is 25.7 Å². The number of amides is 1. The van der Waals surface area contributed by atoms with Gasteiger partial charge in [-0.25, -0.2) is 0 Å². The Morgan fingerprint density at radius 1 is 1.19 bits per heavy atom. The van der Waals surface area contributed by atoms with Crippen molar-refractivity contribution < 1.29 is 14.7 Å². The number of hydrogen-bond donors (Lipinski definition) is 2. The van der Waals surface area contributed by atoms with Crippen molar-refractivity contribution in [3.8, 4) is 0 Å². The summed E-state index contributed by atoms with van der Waals surface area (Å²) in [5, 5.41) is 12.3. The van der Waals surface area contributed by atoms with Gasteiger partial charge in [0.1, 0.15) is 0 Å². The molecule has 3 aliphatic rings. The van der Waals surface area contributed by atoms with Gasteiger partial charge >= 0.3 is 5.97 Å². The van der Waals surface area contributed by atoms with E-state index in [1.54, 1.807) is 0 Å². The normalized spacial score (nSPS) is 35.7. The third-order valence-corrected chi connectivity index (χ3v) is 5.52. The maximum Gasteiger partial charge on any atom is 0.303 e. The van der Waals surface area contributed by atoms with Gasteiger partial charge in [0.25, 0.3) is 0 Å². The molecule has 0 aromatic carbocycles. The Balaban J connectivity index is 1.49. The van der Waals surface area contributed by atoms with Crippen LogP contribution in [0.5, 0.6) is 0 Å². The van der Waals surface area contributed by atoms with Crippen molar-refractivity contribution in [3.05, 3.63) is 0 Å². The number of hydrogen-bond acceptors (Lipinski definition) is 3. The first-order valence-electron chi connectivity index (χ1n) is 8.40. The average Bonchev–Trinajstić information content (AvgIpc) is 3.11. The van der Waals surface area contributed by atoms with Crippen LogP contribution in [-0.2, 0) is 9.59 Å². The number of carboxylic acid groups (broad SMARTS) is 1. The van der Waals surface area contributed by atoms with Crippen LogP contribution in [0, 0.1) is 11.8 Å². The summed E-state index contributed by atoms with van der Waals surface area (Å²) in [7, 11) is 0. The average molecular weight is 294 g/mol. The van der Waals surface area contributed by atoms with E-state index >= 15 is 0 Å². The van der Waals surface area contributed by atoms with Gasteiger partial charge in [0, 0.05) is 25.6 Å². The molecule has 3 fully saturated rings. The molecular weight excluding hydrogens is 268 g/mol. The third-order valence-electron chi connectivity index (χ3n) is 5.52. The molecule has 1 aliphatic carbocycles. The Morgan fingerprint density at radius 3 is 2.76 bits per heavy atom. The van der Waals surface area contributed by atoms with Crippen molar-refractivity contribution in [2.45, 2.75) is 63.5 Å². The zero-order valence-electron chi connectivity index (χ0n) is 12.6. The minimum atomic E-state index is -0.735. The standard InChI is InChI=1S/C16H26N2O3/c19-15(20)6-5-11-7-8-18(10-11)16(21)14-9-12-3-1-2-4-13(12)17-14/h11-14,17H,1-10H2,(H,19,20). The molecule has 3 rings (SSSR count). The van der Waals surface area contributed by atoms with Crippen LogP contribution < -0.4 is 5.32 Å². The fourth-order valence-corrected chi connectivity index (χ4v) is 4.33. The van der Waals surface area contributed by atoms with E-state index in [4.69, 9.17) is 5.11 Å². The highest BCUT2D eigenvalue weighted by Crippen LogP contribution is 2.34. The summed E-state index contributed by atoms with van der Waals surface area (Å²) in [5.41, 5.74) is 0. The first-order chi connectivity index (χ1) is 10.1. The molecule has 4 unspecified atom stereocenters. The Bertz CT molecular complexity index is 398. The lowest BCUT2D eigenvalue weighted by Gasteiger charge is -2.24. The quantitative estimate of drug-likeness (QED) is 0.826. The van der Waals surface area contributed by atoms with E-state index in [2.05, 4.69) is 5.32 Å². The molecule has 0 aromatic rings. The Morgan fingerprint density at radius 2 is 2.00 bits per heavy atom. The molecule has 2 heterocycles. The summed E-state index contributed by atoms with van der Waals surface area (Å²) >= 11 is 0. The van der Waals surface area contributed by atoms with E-state index < -0.39 is 5.97 Å². The number of aliphatic carboxylic acids is 1. The van der Waals surface area contributed by atoms with Crippen molar-refractivity contribution in [3.63, 3.8) is 0 Å². The van der Waals surface area contributed by atoms with E-state index in [9.17, 15) is 9.59 Å². The number of rotatable bonds is 4. The molecule has 21 heavy (non-hydrogen) atoms. The van der Waals surface area contributed by atoms with Crippen molar-refractivity contribution in [2.24, 2.45) is 11.8 Å². The van der Waals surface area contributed by atoms with Crippen molar-refractivity contribution in [1.82, 2.24) is 10.2 Å². The molecular formula is C16H26N2O3. The number of nitrogens with zero attached hydrogens (tertiary/aromatic N) is 1. The van der Waals surface area contributed by atoms with Gasteiger partial charge in [-0.15, -0.1) is 0 Å². The molecule has 1 amide bonds. The summed E-state index contributed by atoms with van der Waals surface area (Å²) in [6.45, 7) is 1.55. The number of carbonyl (C=O) groups excluding carboxylic acids is 1. The van der Waals surface area contributed by atoms with Gasteiger partial charge in [0.05, 0.1) is 6.04 Å². The maximum atomic E-state index is 12.6. The smallest absolute Gasteiger partial charge is 0.303 e. The minimum Gasteiger partial charge on any atom is -0.481 e. The molecule has 5 heteroatoms. The van der Waals surface area contributed by atoms with Crippen molar-refractivity contribution in [1.29, 1.82) is 0 Å². The highest BCUT2D eigenvalue weighted by molar-refractivity contribution is 5.82. The van der Waals surface area contributed by atoms with Crippen LogP contribution in [0.15, 0.2) is 0 Å². The minimum absolute atomic E-state index is 0.0105. The number of carboxylic acids is 1. The fourth-order valence-electron chi connectivity index (χ4n) is 4.33. The number of likely N-dealkylation sites (tertiary alicyclic amines) is 1. The second-order valence-electron chi connectivity index (χ2n) is 6.98. The first-order valence-corrected chi connectivity index (χ1v) is 8.40. The monoisotopic (exact) mass is 294 g/mol. The first kappa shape index (κ1) is 14.8. The van der Waals surface area contributed by atoms with Gasteiger partial charge in [-0.05, 0) is 43.9 Å². The Labute approximate surface area is 126 Å². The van der Waals surface area contributed by atoms with Crippen LogP contribution >= 0.6 is 0 Å². The van der Waals surface area contributed by atoms with Crippen LogP contribution in [0.25, 0.3) is 0 Å². The van der Waals surface area contributed by atoms with Gasteiger partial charge in [0.2, 0.25) is 5.91 Å². The molecule has 118 valence electrons. The van der Waals surface area contributed by atoms with Gasteiger partial charge in [-0.1, -0.05) is 12.8 Å². The van der Waals surface area contributed by atoms with Gasteiger partial charge in [-0.2, -0.15) is 0 Å². The van der Waals surface area contributed by atoms with Crippen molar-refractivity contribution in [2.75, 3.05) is 13.1 Å². The van der Waals surface area contributed by atoms with E-state index in [0.717, 1.165) is 25.9 Å². The molecule has 0 aromatic heterocycles. The maximum absolute atomic E-state index is 12.6. The van der Waals surface area contributed by atoms with E-state index in [-0.39, 0.29) is 18.4 Å². The predicted octanol–water partition coefficient (Wildman–Crippen LogP) is 1.62. The predicted molar refractivity (Wildman–Crippen MR) is 78.8 cm³/mol. The molecule has 0 radical (unpaired) electrons. The van der Waals surface area contributed by atoms with Gasteiger partial charge in [-0.3, -0.25) is 9.59 Å². The SMILES string of the molecule is O=C(O)CCC1CCN(C(=O)C2CC3CCCCC3N2)C1. The van der Waals surface area contributed by atoms with E-state index in [1.807, 2.05) is 4.90 Å². The Hall–Kier alpha value is -1.10. The lowest BCUT2D eigenvalue weighted by Crippen LogP contribution is -2.44. The van der Waals surface area contributed by atoms with Crippen LogP contribution in [0.3, 0.4) is 0 Å². The summed E-state index contributed by atoms with van der Waals surface area (Å²) < 4.78 is 0. The number of carbonyl (C=O) groups is 2. The number of nitrogens with one attached hydrogen (secondary N) is 1. The molecule has 5 nitrogen and oxygen atoms in total. The lowest BCUT2D eigenvalue weighted by atomic mass is 9.85. The molecule has 2 N–H and O–H groups in total. The van der Waals surface area contributed by atoms with Crippen LogP contribution in [0.1, 0.15) is 51.4 Å². The third kappa shape index (κ3) is 3.39.